The van der Waals surface area contributed by atoms with Gasteiger partial charge in [-0.2, -0.15) is 0 Å². The largest absolute Gasteiger partial charge is 0.493 e. The molecule has 1 heterocycles. The Morgan fingerprint density at radius 2 is 1.89 bits per heavy atom. The number of rotatable bonds is 7. The van der Waals surface area contributed by atoms with Gasteiger partial charge in [-0.1, -0.05) is 24.3 Å². The van der Waals surface area contributed by atoms with Crippen LogP contribution in [0.5, 0.6) is 11.5 Å². The molecule has 7 heteroatoms. The Morgan fingerprint density at radius 1 is 1.15 bits per heavy atom. The number of cyclic esters (lactones) is 1. The van der Waals surface area contributed by atoms with Gasteiger partial charge < -0.3 is 19.3 Å². The topological polar surface area (TPSA) is 94.4 Å². The molecule has 27 heavy (non-hydrogen) atoms. The zero-order valence-corrected chi connectivity index (χ0v) is 14.5. The molecular weight excluding hydrogens is 350 g/mol. The van der Waals surface area contributed by atoms with Crippen molar-refractivity contribution in [2.45, 2.75) is 6.92 Å². The number of aliphatic imine (C=N–C) groups is 1. The zero-order valence-electron chi connectivity index (χ0n) is 14.5. The third-order valence-corrected chi connectivity index (χ3v) is 3.58. The van der Waals surface area contributed by atoms with E-state index in [0.717, 1.165) is 0 Å². The highest BCUT2D eigenvalue weighted by molar-refractivity contribution is 6.13. The predicted molar refractivity (Wildman–Crippen MR) is 97.8 cm³/mol. The van der Waals surface area contributed by atoms with E-state index in [1.165, 1.54) is 0 Å². The molecule has 0 aromatic heterocycles. The van der Waals surface area contributed by atoms with E-state index in [1.807, 2.05) is 19.1 Å². The van der Waals surface area contributed by atoms with Crippen molar-refractivity contribution in [3.05, 3.63) is 65.4 Å². The fourth-order valence-electron chi connectivity index (χ4n) is 2.41. The second-order valence-electron chi connectivity index (χ2n) is 5.52. The average molecular weight is 367 g/mol. The summed E-state index contributed by atoms with van der Waals surface area (Å²) in [5.41, 5.74) is 1.47. The number of carboxylic acids is 1. The van der Waals surface area contributed by atoms with Gasteiger partial charge in [0, 0.05) is 0 Å². The molecule has 0 radical (unpaired) electrons. The molecular formula is C20H17NO6. The molecule has 7 nitrogen and oxygen atoms in total. The van der Waals surface area contributed by atoms with E-state index in [0.29, 0.717) is 29.2 Å². The summed E-state index contributed by atoms with van der Waals surface area (Å²) in [6, 6.07) is 13.8. The average Bonchev–Trinajstić information content (AvgIpc) is 3.02. The minimum Gasteiger partial charge on any atom is -0.493 e. The van der Waals surface area contributed by atoms with Gasteiger partial charge >= 0.3 is 11.9 Å². The van der Waals surface area contributed by atoms with Gasteiger partial charge in [-0.05, 0) is 42.8 Å². The summed E-state index contributed by atoms with van der Waals surface area (Å²) in [6.45, 7) is 1.94. The van der Waals surface area contributed by atoms with Gasteiger partial charge in [0.05, 0.1) is 12.2 Å². The van der Waals surface area contributed by atoms with Crippen LogP contribution in [-0.2, 0) is 14.3 Å². The molecule has 0 bridgehead atoms. The highest BCUT2D eigenvalue weighted by atomic mass is 16.6. The van der Waals surface area contributed by atoms with Crippen molar-refractivity contribution in [1.29, 1.82) is 0 Å². The first-order chi connectivity index (χ1) is 13.1. The second kappa shape index (κ2) is 8.18. The van der Waals surface area contributed by atoms with Gasteiger partial charge in [0.2, 0.25) is 5.90 Å². The maximum absolute atomic E-state index is 12.1. The SMILES string of the molecule is CCOc1ccccc1C1=N/C(=C\c2ccc(OCC(=O)O)cc2)C(=O)O1. The molecule has 1 aliphatic rings. The van der Waals surface area contributed by atoms with Crippen molar-refractivity contribution >= 4 is 23.9 Å². The molecule has 0 saturated heterocycles. The second-order valence-corrected chi connectivity index (χ2v) is 5.52. The lowest BCUT2D eigenvalue weighted by Gasteiger charge is -2.08. The number of hydrogen-bond acceptors (Lipinski definition) is 6. The van der Waals surface area contributed by atoms with Crippen molar-refractivity contribution in [2.75, 3.05) is 13.2 Å². The number of aliphatic carboxylic acids is 1. The van der Waals surface area contributed by atoms with E-state index in [-0.39, 0.29) is 11.6 Å². The van der Waals surface area contributed by atoms with Crippen LogP contribution in [-0.4, -0.2) is 36.2 Å². The Hall–Kier alpha value is -3.61. The molecule has 0 spiro atoms. The number of carboxylic acid groups (broad SMARTS) is 1. The summed E-state index contributed by atoms with van der Waals surface area (Å²) >= 11 is 0. The standard InChI is InChI=1S/C20H17NO6/c1-2-25-17-6-4-3-5-15(17)19-21-16(20(24)27-19)11-13-7-9-14(10-8-13)26-12-18(22)23/h3-11H,2,12H2,1H3,(H,22,23)/b16-11-. The van der Waals surface area contributed by atoms with Crippen LogP contribution in [0, 0.1) is 0 Å². The normalized spacial score (nSPS) is 14.6. The molecule has 0 unspecified atom stereocenters. The van der Waals surface area contributed by atoms with E-state index in [2.05, 4.69) is 4.99 Å². The van der Waals surface area contributed by atoms with Crippen LogP contribution in [0.2, 0.25) is 0 Å². The number of carbonyl (C=O) groups excluding carboxylic acids is 1. The fraction of sp³-hybridized carbons (Fsp3) is 0.150. The van der Waals surface area contributed by atoms with Crippen LogP contribution >= 0.6 is 0 Å². The van der Waals surface area contributed by atoms with Crippen molar-refractivity contribution in [3.63, 3.8) is 0 Å². The summed E-state index contributed by atoms with van der Waals surface area (Å²) in [5.74, 6) is -0.403. The van der Waals surface area contributed by atoms with Crippen molar-refractivity contribution in [3.8, 4) is 11.5 Å². The fourth-order valence-corrected chi connectivity index (χ4v) is 2.41. The van der Waals surface area contributed by atoms with Gasteiger partial charge in [0.25, 0.3) is 0 Å². The third-order valence-electron chi connectivity index (χ3n) is 3.58. The first-order valence-electron chi connectivity index (χ1n) is 8.26. The van der Waals surface area contributed by atoms with Crippen LogP contribution in [0.4, 0.5) is 0 Å². The van der Waals surface area contributed by atoms with Crippen LogP contribution in [0.1, 0.15) is 18.1 Å². The van der Waals surface area contributed by atoms with Gasteiger partial charge in [-0.3, -0.25) is 0 Å². The predicted octanol–water partition coefficient (Wildman–Crippen LogP) is 2.89. The number of benzene rings is 2. The highest BCUT2D eigenvalue weighted by Gasteiger charge is 2.26. The van der Waals surface area contributed by atoms with Gasteiger partial charge in [-0.25, -0.2) is 14.6 Å². The Balaban J connectivity index is 1.81. The highest BCUT2D eigenvalue weighted by Crippen LogP contribution is 2.25. The van der Waals surface area contributed by atoms with Crippen LogP contribution in [0.25, 0.3) is 6.08 Å². The number of para-hydroxylation sites is 1. The lowest BCUT2D eigenvalue weighted by molar-refractivity contribution is -0.139. The molecule has 2 aromatic carbocycles. The molecule has 0 aliphatic carbocycles. The molecule has 2 aromatic rings. The van der Waals surface area contributed by atoms with E-state index in [9.17, 15) is 9.59 Å². The van der Waals surface area contributed by atoms with Gasteiger partial charge in [0.15, 0.2) is 12.3 Å². The van der Waals surface area contributed by atoms with Gasteiger partial charge in [-0.15, -0.1) is 0 Å². The summed E-state index contributed by atoms with van der Waals surface area (Å²) in [7, 11) is 0. The van der Waals surface area contributed by atoms with E-state index < -0.39 is 18.5 Å². The summed E-state index contributed by atoms with van der Waals surface area (Å²) < 4.78 is 15.9. The molecule has 1 N–H and O–H groups in total. The van der Waals surface area contributed by atoms with Crippen LogP contribution in [0.15, 0.2) is 59.2 Å². The van der Waals surface area contributed by atoms with Crippen molar-refractivity contribution < 1.29 is 28.9 Å². The molecule has 0 atom stereocenters. The summed E-state index contributed by atoms with van der Waals surface area (Å²) in [6.07, 6.45) is 1.58. The molecule has 0 amide bonds. The Bertz CT molecular complexity index is 914. The number of carbonyl (C=O) groups is 2. The minimum absolute atomic E-state index is 0.163. The number of esters is 1. The van der Waals surface area contributed by atoms with Crippen molar-refractivity contribution in [2.24, 2.45) is 4.99 Å². The summed E-state index contributed by atoms with van der Waals surface area (Å²) in [5, 5.41) is 8.61. The smallest absolute Gasteiger partial charge is 0.363 e. The summed E-state index contributed by atoms with van der Waals surface area (Å²) in [4.78, 5) is 26.9. The zero-order chi connectivity index (χ0) is 19.2. The maximum atomic E-state index is 12.1. The molecule has 138 valence electrons. The number of ether oxygens (including phenoxy) is 3. The minimum atomic E-state index is -1.05. The van der Waals surface area contributed by atoms with E-state index in [1.54, 1.807) is 42.5 Å². The lowest BCUT2D eigenvalue weighted by Crippen LogP contribution is -2.09. The lowest BCUT2D eigenvalue weighted by atomic mass is 10.2. The Kier molecular flexibility index (Phi) is 5.51. The first-order valence-corrected chi connectivity index (χ1v) is 8.26. The molecule has 1 aliphatic heterocycles. The van der Waals surface area contributed by atoms with E-state index >= 15 is 0 Å². The quantitative estimate of drug-likeness (QED) is 0.597. The number of nitrogens with zero attached hydrogens (tertiary/aromatic N) is 1. The Labute approximate surface area is 155 Å². The van der Waals surface area contributed by atoms with Crippen LogP contribution < -0.4 is 9.47 Å². The first kappa shape index (κ1) is 18.2. The van der Waals surface area contributed by atoms with Crippen LogP contribution in [0.3, 0.4) is 0 Å². The third kappa shape index (κ3) is 4.52. The van der Waals surface area contributed by atoms with Gasteiger partial charge in [0.1, 0.15) is 11.5 Å². The number of hydrogen-bond donors (Lipinski definition) is 1. The monoisotopic (exact) mass is 367 g/mol. The molecule has 3 rings (SSSR count). The molecule has 0 saturated carbocycles. The Morgan fingerprint density at radius 3 is 2.59 bits per heavy atom. The molecule has 0 fully saturated rings. The maximum Gasteiger partial charge on any atom is 0.363 e. The van der Waals surface area contributed by atoms with E-state index in [4.69, 9.17) is 19.3 Å². The van der Waals surface area contributed by atoms with Crippen molar-refractivity contribution in [1.82, 2.24) is 0 Å².